The van der Waals surface area contributed by atoms with E-state index in [9.17, 15) is 9.00 Å². The van der Waals surface area contributed by atoms with Crippen LogP contribution in [0.2, 0.25) is 0 Å². The highest BCUT2D eigenvalue weighted by Gasteiger charge is 2.13. The van der Waals surface area contributed by atoms with E-state index < -0.39 is 10.8 Å². The van der Waals surface area contributed by atoms with Gasteiger partial charge in [0, 0.05) is 23.7 Å². The van der Waals surface area contributed by atoms with Gasteiger partial charge in [0.2, 0.25) is 6.79 Å². The number of carbonyl (C=O) groups excluding carboxylic acids is 1. The third kappa shape index (κ3) is 4.26. The standard InChI is InChI=1S/C17H18N2O4S/c20-17(18-8-9-24(21)14-4-2-1-3-5-14)19-11-13-6-7-15-16(10-13)23-12-22-15/h1-7,10H,8-9,11-12H2,(H2,18,19,20). The average Bonchev–Trinajstić information content (AvgIpc) is 3.08. The molecule has 3 rings (SSSR count). The van der Waals surface area contributed by atoms with Crippen LogP contribution in [0.1, 0.15) is 5.56 Å². The molecule has 24 heavy (non-hydrogen) atoms. The van der Waals surface area contributed by atoms with Crippen LogP contribution in [-0.4, -0.2) is 29.3 Å². The molecule has 0 bridgehead atoms. The van der Waals surface area contributed by atoms with E-state index in [1.165, 1.54) is 0 Å². The lowest BCUT2D eigenvalue weighted by molar-refractivity contribution is 0.174. The maximum atomic E-state index is 12.0. The maximum absolute atomic E-state index is 12.0. The lowest BCUT2D eigenvalue weighted by Gasteiger charge is -2.08. The Bertz CT molecular complexity index is 737. The number of fused-ring (bicyclic) bond motifs is 1. The van der Waals surface area contributed by atoms with Crippen molar-refractivity contribution in [2.45, 2.75) is 11.4 Å². The highest BCUT2D eigenvalue weighted by Crippen LogP contribution is 2.32. The first-order valence-corrected chi connectivity index (χ1v) is 8.88. The molecule has 2 amide bonds. The minimum atomic E-state index is -1.11. The molecular weight excluding hydrogens is 328 g/mol. The molecule has 2 aromatic rings. The van der Waals surface area contributed by atoms with Gasteiger partial charge in [-0.1, -0.05) is 24.3 Å². The minimum absolute atomic E-state index is 0.227. The summed E-state index contributed by atoms with van der Waals surface area (Å²) in [5, 5.41) is 5.47. The van der Waals surface area contributed by atoms with E-state index in [0.717, 1.165) is 10.5 Å². The first-order valence-electron chi connectivity index (χ1n) is 7.56. The smallest absolute Gasteiger partial charge is 0.315 e. The molecule has 1 aliphatic heterocycles. The van der Waals surface area contributed by atoms with Gasteiger partial charge in [-0.3, -0.25) is 4.21 Å². The second kappa shape index (κ2) is 7.83. The first-order chi connectivity index (χ1) is 11.7. The molecule has 2 N–H and O–H groups in total. The predicted octanol–water partition coefficient (Wildman–Crippen LogP) is 2.02. The molecule has 0 aliphatic carbocycles. The SMILES string of the molecule is O=C(NCCS(=O)c1ccccc1)NCc1ccc2c(c1)OCO2. The Hall–Kier alpha value is -2.54. The Morgan fingerprint density at radius 3 is 2.67 bits per heavy atom. The third-order valence-electron chi connectivity index (χ3n) is 3.47. The van der Waals surface area contributed by atoms with Crippen LogP contribution in [0.15, 0.2) is 53.4 Å². The number of hydrogen-bond donors (Lipinski definition) is 2. The molecule has 0 radical (unpaired) electrons. The quantitative estimate of drug-likeness (QED) is 0.839. The summed E-state index contributed by atoms with van der Waals surface area (Å²) in [6.07, 6.45) is 0. The van der Waals surface area contributed by atoms with Crippen LogP contribution in [0.3, 0.4) is 0 Å². The van der Waals surface area contributed by atoms with Crippen molar-refractivity contribution in [1.82, 2.24) is 10.6 Å². The van der Waals surface area contributed by atoms with Crippen molar-refractivity contribution in [2.75, 3.05) is 19.1 Å². The highest BCUT2D eigenvalue weighted by molar-refractivity contribution is 7.85. The Labute approximate surface area is 142 Å². The molecule has 0 fully saturated rings. The summed E-state index contributed by atoms with van der Waals surface area (Å²) in [6.45, 7) is 0.948. The van der Waals surface area contributed by atoms with Crippen molar-refractivity contribution in [2.24, 2.45) is 0 Å². The van der Waals surface area contributed by atoms with Crippen LogP contribution in [0.4, 0.5) is 4.79 Å². The van der Waals surface area contributed by atoms with Gasteiger partial charge in [-0.25, -0.2) is 4.79 Å². The summed E-state index contributed by atoms with van der Waals surface area (Å²) < 4.78 is 22.6. The van der Waals surface area contributed by atoms with Crippen LogP contribution < -0.4 is 20.1 Å². The van der Waals surface area contributed by atoms with Crippen LogP contribution in [0, 0.1) is 0 Å². The molecule has 1 unspecified atom stereocenters. The van der Waals surface area contributed by atoms with Crippen molar-refractivity contribution in [3.05, 3.63) is 54.1 Å². The summed E-state index contributed by atoms with van der Waals surface area (Å²) in [7, 11) is -1.11. The van der Waals surface area contributed by atoms with Crippen LogP contribution in [-0.2, 0) is 17.3 Å². The molecule has 0 aromatic heterocycles. The van der Waals surface area contributed by atoms with Crippen LogP contribution in [0.25, 0.3) is 0 Å². The molecular formula is C17H18N2O4S. The van der Waals surface area contributed by atoms with Crippen molar-refractivity contribution in [3.63, 3.8) is 0 Å². The Morgan fingerprint density at radius 2 is 1.83 bits per heavy atom. The highest BCUT2D eigenvalue weighted by atomic mass is 32.2. The average molecular weight is 346 g/mol. The lowest BCUT2D eigenvalue weighted by atomic mass is 10.2. The molecule has 1 aliphatic rings. The van der Waals surface area contributed by atoms with Gasteiger partial charge in [0.25, 0.3) is 0 Å². The summed E-state index contributed by atoms with van der Waals surface area (Å²) in [5.74, 6) is 1.78. The van der Waals surface area contributed by atoms with Gasteiger partial charge in [0.1, 0.15) is 0 Å². The monoisotopic (exact) mass is 346 g/mol. The molecule has 0 spiro atoms. The lowest BCUT2D eigenvalue weighted by Crippen LogP contribution is -2.37. The molecule has 0 saturated heterocycles. The van der Waals surface area contributed by atoms with Crippen LogP contribution in [0.5, 0.6) is 11.5 Å². The summed E-state index contributed by atoms with van der Waals surface area (Å²) >= 11 is 0. The van der Waals surface area contributed by atoms with Gasteiger partial charge in [-0.15, -0.1) is 0 Å². The van der Waals surface area contributed by atoms with Crippen molar-refractivity contribution in [1.29, 1.82) is 0 Å². The van der Waals surface area contributed by atoms with E-state index in [1.54, 1.807) is 0 Å². The van der Waals surface area contributed by atoms with Gasteiger partial charge >= 0.3 is 6.03 Å². The zero-order valence-corrected chi connectivity index (χ0v) is 13.8. The summed E-state index contributed by atoms with van der Waals surface area (Å²) in [4.78, 5) is 12.6. The van der Waals surface area contributed by atoms with E-state index in [2.05, 4.69) is 10.6 Å². The van der Waals surface area contributed by atoms with E-state index in [-0.39, 0.29) is 12.8 Å². The number of ether oxygens (including phenoxy) is 2. The molecule has 126 valence electrons. The number of urea groups is 1. The summed E-state index contributed by atoms with van der Waals surface area (Å²) in [5.41, 5.74) is 0.919. The van der Waals surface area contributed by atoms with E-state index in [0.29, 0.717) is 30.3 Å². The fraction of sp³-hybridized carbons (Fsp3) is 0.235. The number of carbonyl (C=O) groups is 1. The Kier molecular flexibility index (Phi) is 5.32. The number of nitrogens with one attached hydrogen (secondary N) is 2. The van der Waals surface area contributed by atoms with Crippen LogP contribution >= 0.6 is 0 Å². The normalized spacial score (nSPS) is 13.3. The Morgan fingerprint density at radius 1 is 1.04 bits per heavy atom. The van der Waals surface area contributed by atoms with Crippen molar-refractivity contribution in [3.8, 4) is 11.5 Å². The van der Waals surface area contributed by atoms with Gasteiger partial charge in [-0.05, 0) is 29.8 Å². The van der Waals surface area contributed by atoms with Crippen molar-refractivity contribution >= 4 is 16.8 Å². The molecule has 6 nitrogen and oxygen atoms in total. The van der Waals surface area contributed by atoms with E-state index >= 15 is 0 Å². The van der Waals surface area contributed by atoms with Gasteiger partial charge < -0.3 is 20.1 Å². The molecule has 1 heterocycles. The van der Waals surface area contributed by atoms with Gasteiger partial charge in [0.15, 0.2) is 11.5 Å². The molecule has 0 saturated carbocycles. The van der Waals surface area contributed by atoms with Gasteiger partial charge in [0.05, 0.1) is 10.8 Å². The van der Waals surface area contributed by atoms with Crippen molar-refractivity contribution < 1.29 is 18.5 Å². The number of amides is 2. The second-order valence-corrected chi connectivity index (χ2v) is 6.73. The zero-order chi connectivity index (χ0) is 16.8. The number of hydrogen-bond acceptors (Lipinski definition) is 4. The zero-order valence-electron chi connectivity index (χ0n) is 13.0. The minimum Gasteiger partial charge on any atom is -0.454 e. The topological polar surface area (TPSA) is 76.7 Å². The fourth-order valence-electron chi connectivity index (χ4n) is 2.24. The summed E-state index contributed by atoms with van der Waals surface area (Å²) in [6, 6.07) is 14.4. The largest absolute Gasteiger partial charge is 0.454 e. The first kappa shape index (κ1) is 16.3. The number of benzene rings is 2. The van der Waals surface area contributed by atoms with E-state index in [1.807, 2.05) is 48.5 Å². The fourth-order valence-corrected chi connectivity index (χ4v) is 3.23. The third-order valence-corrected chi connectivity index (χ3v) is 4.84. The number of rotatable bonds is 6. The Balaban J connectivity index is 1.39. The second-order valence-electron chi connectivity index (χ2n) is 5.16. The maximum Gasteiger partial charge on any atom is 0.315 e. The molecule has 2 aromatic carbocycles. The van der Waals surface area contributed by atoms with Gasteiger partial charge in [-0.2, -0.15) is 0 Å². The molecule has 7 heteroatoms. The molecule has 1 atom stereocenters. The predicted molar refractivity (Wildman–Crippen MR) is 90.5 cm³/mol. The van der Waals surface area contributed by atoms with E-state index in [4.69, 9.17) is 9.47 Å².